The van der Waals surface area contributed by atoms with Crippen molar-refractivity contribution in [2.24, 2.45) is 0 Å². The summed E-state index contributed by atoms with van der Waals surface area (Å²) in [6, 6.07) is 4.47. The molecule has 0 nitrogen and oxygen atoms in total. The van der Waals surface area contributed by atoms with Crippen LogP contribution in [0.1, 0.15) is 17.5 Å². The Kier molecular flexibility index (Phi) is 7.66. The quantitative estimate of drug-likeness (QED) is 0.258. The van der Waals surface area contributed by atoms with E-state index in [-0.39, 0.29) is 11.1 Å². The van der Waals surface area contributed by atoms with Gasteiger partial charge in [0.1, 0.15) is 0 Å². The Hall–Kier alpha value is -2.23. The van der Waals surface area contributed by atoms with Crippen LogP contribution in [0.15, 0.2) is 30.8 Å². The predicted octanol–water partition coefficient (Wildman–Crippen LogP) is 8.27. The molecule has 0 N–H and O–H groups in total. The first-order chi connectivity index (χ1) is 15.3. The molecule has 0 spiro atoms. The zero-order chi connectivity index (χ0) is 28.1. The average Bonchev–Trinajstić information content (AvgIpc) is 2.70. The summed E-state index contributed by atoms with van der Waals surface area (Å²) in [5.41, 5.74) is -0.376. The van der Waals surface area contributed by atoms with E-state index in [1.54, 1.807) is 0 Å². The molecular formula is C18H11F17. The Bertz CT molecular complexity index is 910. The Balaban J connectivity index is 3.50. The van der Waals surface area contributed by atoms with Gasteiger partial charge in [0.25, 0.3) is 0 Å². The Morgan fingerprint density at radius 3 is 1.31 bits per heavy atom. The van der Waals surface area contributed by atoms with Crippen LogP contribution in [0.3, 0.4) is 0 Å². The highest BCUT2D eigenvalue weighted by atomic mass is 19.4. The summed E-state index contributed by atoms with van der Waals surface area (Å²) in [7, 11) is 0. The molecule has 202 valence electrons. The topological polar surface area (TPSA) is 0 Å². The first-order valence-electron chi connectivity index (χ1n) is 8.69. The highest BCUT2D eigenvalue weighted by molar-refractivity contribution is 5.51. The first-order valence-corrected chi connectivity index (χ1v) is 8.69. The van der Waals surface area contributed by atoms with E-state index in [1.165, 1.54) is 6.07 Å². The minimum Gasteiger partial charge on any atom is -0.200 e. The van der Waals surface area contributed by atoms with E-state index in [9.17, 15) is 74.6 Å². The van der Waals surface area contributed by atoms with Crippen molar-refractivity contribution in [3.63, 3.8) is 0 Å². The highest BCUT2D eigenvalue weighted by Gasteiger charge is 2.95. The van der Waals surface area contributed by atoms with E-state index in [4.69, 9.17) is 0 Å². The van der Waals surface area contributed by atoms with Crippen LogP contribution < -0.4 is 0 Å². The van der Waals surface area contributed by atoms with Gasteiger partial charge in [-0.15, -0.1) is 0 Å². The second kappa shape index (κ2) is 8.71. The number of rotatable bonds is 10. The van der Waals surface area contributed by atoms with Gasteiger partial charge in [0.05, 0.1) is 0 Å². The summed E-state index contributed by atoms with van der Waals surface area (Å²) in [4.78, 5) is 0. The molecule has 1 aromatic rings. The molecule has 0 atom stereocenters. The summed E-state index contributed by atoms with van der Waals surface area (Å²) in [6.45, 7) is 3.19. The third-order valence-electron chi connectivity index (χ3n) is 4.77. The minimum absolute atomic E-state index is 0.0516. The van der Waals surface area contributed by atoms with Crippen molar-refractivity contribution < 1.29 is 74.6 Å². The lowest BCUT2D eigenvalue weighted by molar-refractivity contribution is -0.461. The van der Waals surface area contributed by atoms with Crippen LogP contribution in [0.2, 0.25) is 0 Å². The lowest BCUT2D eigenvalue weighted by Crippen LogP contribution is -2.74. The molecule has 0 amide bonds. The van der Waals surface area contributed by atoms with E-state index in [2.05, 4.69) is 6.58 Å². The monoisotopic (exact) mass is 550 g/mol. The van der Waals surface area contributed by atoms with Crippen LogP contribution in [0.4, 0.5) is 74.6 Å². The molecule has 0 saturated carbocycles. The summed E-state index contributed by atoms with van der Waals surface area (Å²) in [5.74, 6) is -56.1. The lowest BCUT2D eigenvalue weighted by atomic mass is 9.87. The molecule has 0 unspecified atom stereocenters. The fraction of sp³-hybridized carbons (Fsp3) is 0.556. The molecule has 0 saturated heterocycles. The molecule has 0 aliphatic heterocycles. The SMILES string of the molecule is C=Cc1ccccc1CCC(F)(F)C(F)(F)C(F)(F)C(F)(F)C(F)(F)C(F)(F)C(F)(F)C(F)(F)F. The van der Waals surface area contributed by atoms with E-state index in [0.29, 0.717) is 0 Å². The molecule has 17 heteroatoms. The largest absolute Gasteiger partial charge is 0.460 e. The van der Waals surface area contributed by atoms with Crippen molar-refractivity contribution in [1.29, 1.82) is 0 Å². The van der Waals surface area contributed by atoms with Crippen LogP contribution in [0.25, 0.3) is 6.08 Å². The van der Waals surface area contributed by atoms with Crippen molar-refractivity contribution in [2.45, 2.75) is 60.5 Å². The Morgan fingerprint density at radius 2 is 0.914 bits per heavy atom. The van der Waals surface area contributed by atoms with E-state index in [0.717, 1.165) is 24.3 Å². The second-order valence-corrected chi connectivity index (χ2v) is 7.05. The number of hydrogen-bond donors (Lipinski definition) is 0. The van der Waals surface area contributed by atoms with E-state index < -0.39 is 60.5 Å². The van der Waals surface area contributed by atoms with Gasteiger partial charge in [-0.1, -0.05) is 36.9 Å². The van der Waals surface area contributed by atoms with Crippen molar-refractivity contribution in [3.05, 3.63) is 42.0 Å². The maximum Gasteiger partial charge on any atom is 0.460 e. The first kappa shape index (κ1) is 30.8. The molecule has 1 aromatic carbocycles. The highest BCUT2D eigenvalue weighted by Crippen LogP contribution is 2.64. The van der Waals surface area contributed by atoms with Gasteiger partial charge in [0.2, 0.25) is 0 Å². The van der Waals surface area contributed by atoms with Crippen molar-refractivity contribution in [1.82, 2.24) is 0 Å². The molecule has 0 radical (unpaired) electrons. The van der Waals surface area contributed by atoms with Crippen LogP contribution in [0.5, 0.6) is 0 Å². The molecule has 0 aliphatic carbocycles. The van der Waals surface area contributed by atoms with Gasteiger partial charge >= 0.3 is 47.6 Å². The van der Waals surface area contributed by atoms with Gasteiger partial charge in [-0.3, -0.25) is 0 Å². The van der Waals surface area contributed by atoms with Gasteiger partial charge in [-0.05, 0) is 17.5 Å². The minimum atomic E-state index is -8.61. The maximum absolute atomic E-state index is 13.9. The Labute approximate surface area is 184 Å². The molecule has 0 bridgehead atoms. The predicted molar refractivity (Wildman–Crippen MR) is 85.5 cm³/mol. The average molecular weight is 550 g/mol. The second-order valence-electron chi connectivity index (χ2n) is 7.05. The molecule has 0 aromatic heterocycles. The smallest absolute Gasteiger partial charge is 0.200 e. The van der Waals surface area contributed by atoms with E-state index in [1.807, 2.05) is 0 Å². The number of alkyl halides is 17. The maximum atomic E-state index is 13.9. The summed E-state index contributed by atoms with van der Waals surface area (Å²) >= 11 is 0. The Morgan fingerprint density at radius 1 is 0.543 bits per heavy atom. The molecule has 0 aliphatic rings. The zero-order valence-electron chi connectivity index (χ0n) is 16.4. The lowest BCUT2D eigenvalue weighted by Gasteiger charge is -2.42. The third-order valence-corrected chi connectivity index (χ3v) is 4.77. The van der Waals surface area contributed by atoms with Crippen molar-refractivity contribution in [3.8, 4) is 0 Å². The molecular weight excluding hydrogens is 539 g/mol. The van der Waals surface area contributed by atoms with Gasteiger partial charge in [0, 0.05) is 6.42 Å². The molecule has 35 heavy (non-hydrogen) atoms. The number of benzene rings is 1. The standard InChI is InChI=1S/C18H11F17/c1-2-9-5-3-4-6-10(9)7-8-11(19,20)12(21,22)13(23,24)14(25,26)15(27,28)16(29,30)17(31,32)18(33,34)35/h2-6H,1,7-8H2. The van der Waals surface area contributed by atoms with Crippen LogP contribution >= 0.6 is 0 Å². The van der Waals surface area contributed by atoms with Crippen molar-refractivity contribution >= 4 is 6.08 Å². The normalized spacial score (nSPS) is 15.3. The molecule has 0 fully saturated rings. The van der Waals surface area contributed by atoms with E-state index >= 15 is 0 Å². The summed E-state index contributed by atoms with van der Waals surface area (Å²) in [5, 5.41) is 0. The molecule has 0 heterocycles. The van der Waals surface area contributed by atoms with Crippen LogP contribution in [-0.4, -0.2) is 47.6 Å². The number of hydrogen-bond acceptors (Lipinski definition) is 0. The van der Waals surface area contributed by atoms with Gasteiger partial charge in [-0.25, -0.2) is 0 Å². The fourth-order valence-corrected chi connectivity index (χ4v) is 2.61. The summed E-state index contributed by atoms with van der Waals surface area (Å²) in [6.07, 6.45) is -10.6. The number of aryl methyl sites for hydroxylation is 1. The fourth-order valence-electron chi connectivity index (χ4n) is 2.61. The zero-order valence-corrected chi connectivity index (χ0v) is 16.4. The van der Waals surface area contributed by atoms with Crippen LogP contribution in [-0.2, 0) is 6.42 Å². The third kappa shape index (κ3) is 4.42. The number of halogens is 17. The van der Waals surface area contributed by atoms with Gasteiger partial charge < -0.3 is 0 Å². The van der Waals surface area contributed by atoms with Gasteiger partial charge in [0.15, 0.2) is 0 Å². The van der Waals surface area contributed by atoms with Gasteiger partial charge in [-0.2, -0.15) is 74.6 Å². The van der Waals surface area contributed by atoms with Crippen molar-refractivity contribution in [2.75, 3.05) is 0 Å². The molecule has 1 rings (SSSR count). The summed E-state index contributed by atoms with van der Waals surface area (Å²) < 4.78 is 225. The van der Waals surface area contributed by atoms with Crippen LogP contribution in [0, 0.1) is 0 Å².